The third-order valence-electron chi connectivity index (χ3n) is 5.30. The first-order chi connectivity index (χ1) is 12.4. The van der Waals surface area contributed by atoms with Gasteiger partial charge >= 0.3 is 0 Å². The molecule has 0 N–H and O–H groups in total. The van der Waals surface area contributed by atoms with Crippen LogP contribution in [0.3, 0.4) is 0 Å². The molecule has 0 saturated carbocycles. The van der Waals surface area contributed by atoms with Crippen LogP contribution in [-0.2, 0) is 13.0 Å². The van der Waals surface area contributed by atoms with Crippen LogP contribution in [0.15, 0.2) is 24.5 Å². The van der Waals surface area contributed by atoms with Crippen LogP contribution >= 0.6 is 0 Å². The van der Waals surface area contributed by atoms with Gasteiger partial charge in [-0.2, -0.15) is 0 Å². The number of hydrogen-bond acceptors (Lipinski definition) is 0. The first-order valence-electron chi connectivity index (χ1n) is 11.3. The summed E-state index contributed by atoms with van der Waals surface area (Å²) in [5, 5.41) is 0. The zero-order valence-electron chi connectivity index (χ0n) is 17.3. The highest BCUT2D eigenvalue weighted by Gasteiger charge is 2.01. The lowest BCUT2D eigenvalue weighted by atomic mass is 10.1. The molecule has 0 aliphatic carbocycles. The van der Waals surface area contributed by atoms with Gasteiger partial charge in [-0.05, 0) is 24.8 Å². The molecule has 0 spiro atoms. The summed E-state index contributed by atoms with van der Waals surface area (Å²) in [5.74, 6) is 0. The minimum atomic E-state index is 1.19. The Kier molecular flexibility index (Phi) is 14.7. The summed E-state index contributed by atoms with van der Waals surface area (Å²) in [6.45, 7) is 5.76. The maximum Gasteiger partial charge on any atom is 0.169 e. The van der Waals surface area contributed by atoms with Gasteiger partial charge in [-0.25, -0.2) is 4.57 Å². The lowest BCUT2D eigenvalue weighted by Crippen LogP contribution is -2.32. The Hall–Kier alpha value is -0.850. The van der Waals surface area contributed by atoms with Crippen molar-refractivity contribution in [3.63, 3.8) is 0 Å². The average molecular weight is 347 g/mol. The van der Waals surface area contributed by atoms with E-state index in [4.69, 9.17) is 0 Å². The van der Waals surface area contributed by atoms with E-state index in [1.165, 1.54) is 115 Å². The molecule has 1 heterocycles. The molecule has 0 radical (unpaired) electrons. The predicted molar refractivity (Wildman–Crippen MR) is 111 cm³/mol. The van der Waals surface area contributed by atoms with Gasteiger partial charge in [-0.1, -0.05) is 90.9 Å². The van der Waals surface area contributed by atoms with E-state index in [1.807, 2.05) is 0 Å². The summed E-state index contributed by atoms with van der Waals surface area (Å²) in [7, 11) is 0. The Labute approximate surface area is 158 Å². The van der Waals surface area contributed by atoms with Crippen LogP contribution in [0.25, 0.3) is 0 Å². The molecule has 0 amide bonds. The number of aryl methyl sites for hydroxylation is 2. The van der Waals surface area contributed by atoms with Crippen molar-refractivity contribution >= 4 is 0 Å². The lowest BCUT2D eigenvalue weighted by molar-refractivity contribution is -0.697. The smallest absolute Gasteiger partial charge is 0.169 e. The maximum atomic E-state index is 2.37. The fourth-order valence-corrected chi connectivity index (χ4v) is 3.52. The van der Waals surface area contributed by atoms with Gasteiger partial charge in [0, 0.05) is 18.6 Å². The van der Waals surface area contributed by atoms with E-state index in [-0.39, 0.29) is 0 Å². The zero-order valence-corrected chi connectivity index (χ0v) is 17.3. The SMILES string of the molecule is CCCCCCCCCCC[n+]1ccc(CCCCCCCC)cc1. The topological polar surface area (TPSA) is 3.88 Å². The highest BCUT2D eigenvalue weighted by Crippen LogP contribution is 2.10. The molecule has 25 heavy (non-hydrogen) atoms. The summed E-state index contributed by atoms with van der Waals surface area (Å²) in [6.07, 6.45) is 26.9. The molecule has 0 unspecified atom stereocenters. The van der Waals surface area contributed by atoms with E-state index >= 15 is 0 Å². The Morgan fingerprint density at radius 3 is 1.52 bits per heavy atom. The van der Waals surface area contributed by atoms with Gasteiger partial charge in [0.25, 0.3) is 0 Å². The molecule has 0 aliphatic rings. The van der Waals surface area contributed by atoms with Gasteiger partial charge in [0.1, 0.15) is 6.54 Å². The number of rotatable bonds is 17. The highest BCUT2D eigenvalue weighted by molar-refractivity contribution is 5.07. The van der Waals surface area contributed by atoms with Crippen LogP contribution in [0.5, 0.6) is 0 Å². The lowest BCUT2D eigenvalue weighted by Gasteiger charge is -2.03. The third kappa shape index (κ3) is 13.1. The van der Waals surface area contributed by atoms with E-state index in [9.17, 15) is 0 Å². The molecule has 1 rings (SSSR count). The quantitative estimate of drug-likeness (QED) is 0.204. The molecule has 1 aromatic rings. The van der Waals surface area contributed by atoms with Gasteiger partial charge in [-0.15, -0.1) is 0 Å². The van der Waals surface area contributed by atoms with E-state index in [0.29, 0.717) is 0 Å². The third-order valence-corrected chi connectivity index (χ3v) is 5.30. The van der Waals surface area contributed by atoms with Crippen molar-refractivity contribution < 1.29 is 4.57 Å². The van der Waals surface area contributed by atoms with Gasteiger partial charge in [0.15, 0.2) is 12.4 Å². The van der Waals surface area contributed by atoms with Crippen LogP contribution < -0.4 is 4.57 Å². The molecular formula is C24H44N+. The van der Waals surface area contributed by atoms with Crippen LogP contribution in [0.2, 0.25) is 0 Å². The predicted octanol–water partition coefficient (Wildman–Crippen LogP) is 7.41. The van der Waals surface area contributed by atoms with Crippen molar-refractivity contribution in [2.24, 2.45) is 0 Å². The monoisotopic (exact) mass is 346 g/mol. The van der Waals surface area contributed by atoms with E-state index in [2.05, 4.69) is 42.9 Å². The summed E-state index contributed by atoms with van der Waals surface area (Å²) < 4.78 is 2.37. The number of unbranched alkanes of at least 4 members (excludes halogenated alkanes) is 13. The van der Waals surface area contributed by atoms with Crippen molar-refractivity contribution in [1.82, 2.24) is 0 Å². The number of pyridine rings is 1. The number of aromatic nitrogens is 1. The van der Waals surface area contributed by atoms with E-state index in [1.54, 1.807) is 0 Å². The van der Waals surface area contributed by atoms with Gasteiger partial charge < -0.3 is 0 Å². The minimum Gasteiger partial charge on any atom is -0.205 e. The molecule has 0 fully saturated rings. The Morgan fingerprint density at radius 1 is 0.560 bits per heavy atom. The zero-order chi connectivity index (χ0) is 18.0. The van der Waals surface area contributed by atoms with Crippen molar-refractivity contribution in [2.45, 2.75) is 123 Å². The molecule has 1 nitrogen and oxygen atoms in total. The molecular weight excluding hydrogens is 302 g/mol. The normalized spacial score (nSPS) is 11.1. The Balaban J connectivity index is 1.99. The van der Waals surface area contributed by atoms with Gasteiger partial charge in [0.05, 0.1) is 0 Å². The van der Waals surface area contributed by atoms with Crippen molar-refractivity contribution in [1.29, 1.82) is 0 Å². The molecule has 0 aromatic carbocycles. The molecule has 1 heteroatoms. The highest BCUT2D eigenvalue weighted by atomic mass is 14.9. The van der Waals surface area contributed by atoms with Gasteiger partial charge in [-0.3, -0.25) is 0 Å². The van der Waals surface area contributed by atoms with E-state index in [0.717, 1.165) is 0 Å². The van der Waals surface area contributed by atoms with Crippen molar-refractivity contribution in [2.75, 3.05) is 0 Å². The minimum absolute atomic E-state index is 1.19. The second-order valence-electron chi connectivity index (χ2n) is 7.79. The van der Waals surface area contributed by atoms with Crippen LogP contribution in [-0.4, -0.2) is 0 Å². The average Bonchev–Trinajstić information content (AvgIpc) is 2.64. The van der Waals surface area contributed by atoms with Crippen LogP contribution in [0, 0.1) is 0 Å². The largest absolute Gasteiger partial charge is 0.205 e. The fraction of sp³-hybridized carbons (Fsp3) is 0.792. The number of nitrogens with zero attached hydrogens (tertiary/aromatic N) is 1. The van der Waals surface area contributed by atoms with E-state index < -0.39 is 0 Å². The number of hydrogen-bond donors (Lipinski definition) is 0. The summed E-state index contributed by atoms with van der Waals surface area (Å²) >= 11 is 0. The maximum absolute atomic E-state index is 2.37. The van der Waals surface area contributed by atoms with Crippen LogP contribution in [0.1, 0.15) is 116 Å². The fourth-order valence-electron chi connectivity index (χ4n) is 3.52. The van der Waals surface area contributed by atoms with Gasteiger partial charge in [0.2, 0.25) is 0 Å². The summed E-state index contributed by atoms with van der Waals surface area (Å²) in [4.78, 5) is 0. The second-order valence-corrected chi connectivity index (χ2v) is 7.79. The molecule has 1 aromatic heterocycles. The molecule has 0 atom stereocenters. The molecule has 144 valence electrons. The van der Waals surface area contributed by atoms with Crippen molar-refractivity contribution in [3.05, 3.63) is 30.1 Å². The summed E-state index contributed by atoms with van der Waals surface area (Å²) in [6, 6.07) is 4.67. The molecule has 0 bridgehead atoms. The first-order valence-corrected chi connectivity index (χ1v) is 11.3. The standard InChI is InChI=1S/C24H44N/c1-3-5-7-9-11-12-13-15-17-21-25-22-19-24(20-23-25)18-16-14-10-8-6-4-2/h19-20,22-23H,3-18,21H2,1-2H3/q+1. The van der Waals surface area contributed by atoms with Crippen LogP contribution in [0.4, 0.5) is 0 Å². The second kappa shape index (κ2) is 16.6. The molecule has 0 saturated heterocycles. The Morgan fingerprint density at radius 2 is 1.00 bits per heavy atom. The Bertz CT molecular complexity index is 382. The summed E-state index contributed by atoms with van der Waals surface area (Å²) in [5.41, 5.74) is 1.51. The molecule has 0 aliphatic heterocycles. The first kappa shape index (κ1) is 22.2. The van der Waals surface area contributed by atoms with Crippen molar-refractivity contribution in [3.8, 4) is 0 Å².